The first-order valence-electron chi connectivity index (χ1n) is 10.0. The van der Waals surface area contributed by atoms with Gasteiger partial charge in [-0.1, -0.05) is 110 Å². The molecule has 0 heteroatoms. The van der Waals surface area contributed by atoms with Crippen LogP contribution < -0.4 is 0 Å². The van der Waals surface area contributed by atoms with Gasteiger partial charge in [0.1, 0.15) is 0 Å². The smallest absolute Gasteiger partial charge is 0.0351 e. The molecule has 0 aromatic rings. The second-order valence-corrected chi connectivity index (χ2v) is 6.97. The van der Waals surface area contributed by atoms with Crippen molar-refractivity contribution in [2.24, 2.45) is 5.92 Å². The Bertz CT molecular complexity index is 216. The van der Waals surface area contributed by atoms with Gasteiger partial charge >= 0.3 is 0 Å². The number of allylic oxidation sites excluding steroid dienone is 2. The van der Waals surface area contributed by atoms with Gasteiger partial charge in [-0.2, -0.15) is 0 Å². The van der Waals surface area contributed by atoms with E-state index in [1.807, 2.05) is 0 Å². The predicted molar refractivity (Wildman–Crippen MR) is 103 cm³/mol. The fraction of sp³-hybridized carbons (Fsp3) is 0.818. The van der Waals surface area contributed by atoms with Gasteiger partial charge in [-0.3, -0.25) is 0 Å². The van der Waals surface area contributed by atoms with Crippen LogP contribution in [0, 0.1) is 19.8 Å². The zero-order valence-corrected chi connectivity index (χ0v) is 15.5. The summed E-state index contributed by atoms with van der Waals surface area (Å²) in [7, 11) is 0. The molecule has 22 heavy (non-hydrogen) atoms. The maximum atomic E-state index is 3.92. The summed E-state index contributed by atoms with van der Waals surface area (Å²) >= 11 is 0. The Kier molecular flexibility index (Phi) is 18.6. The number of rotatable bonds is 17. The molecule has 0 aliphatic rings. The van der Waals surface area contributed by atoms with Crippen LogP contribution in [0.2, 0.25) is 0 Å². The first kappa shape index (κ1) is 21.7. The van der Waals surface area contributed by atoms with Crippen molar-refractivity contribution in [3.05, 3.63) is 26.0 Å². The molecule has 1 unspecified atom stereocenters. The van der Waals surface area contributed by atoms with E-state index < -0.39 is 0 Å². The molecular weight excluding hydrogens is 264 g/mol. The van der Waals surface area contributed by atoms with Gasteiger partial charge in [-0.15, -0.1) is 0 Å². The van der Waals surface area contributed by atoms with Crippen LogP contribution in [0.4, 0.5) is 0 Å². The molecule has 0 aromatic heterocycles. The van der Waals surface area contributed by atoms with Crippen LogP contribution in [-0.2, 0) is 0 Å². The van der Waals surface area contributed by atoms with E-state index in [9.17, 15) is 0 Å². The third kappa shape index (κ3) is 17.8. The molecule has 0 aliphatic heterocycles. The van der Waals surface area contributed by atoms with Crippen molar-refractivity contribution in [1.29, 1.82) is 0 Å². The van der Waals surface area contributed by atoms with Gasteiger partial charge < -0.3 is 0 Å². The van der Waals surface area contributed by atoms with E-state index in [0.717, 1.165) is 18.8 Å². The molecular formula is C22H42. The minimum absolute atomic E-state index is 0.902. The Morgan fingerprint density at radius 3 is 1.64 bits per heavy atom. The molecule has 0 nitrogen and oxygen atoms in total. The van der Waals surface area contributed by atoms with Gasteiger partial charge in [0.15, 0.2) is 0 Å². The molecule has 2 radical (unpaired) electrons. The van der Waals surface area contributed by atoms with Crippen LogP contribution >= 0.6 is 0 Å². The zero-order chi connectivity index (χ0) is 16.3. The lowest BCUT2D eigenvalue weighted by Crippen LogP contribution is -1.94. The summed E-state index contributed by atoms with van der Waals surface area (Å²) in [6.07, 6.45) is 26.2. The van der Waals surface area contributed by atoms with E-state index >= 15 is 0 Å². The predicted octanol–water partition coefficient (Wildman–Crippen LogP) is 8.09. The Morgan fingerprint density at radius 1 is 0.591 bits per heavy atom. The highest BCUT2D eigenvalue weighted by Gasteiger charge is 2.00. The molecule has 0 saturated carbocycles. The molecule has 0 spiro atoms. The fourth-order valence-corrected chi connectivity index (χ4v) is 2.95. The lowest BCUT2D eigenvalue weighted by molar-refractivity contribution is 0.454. The van der Waals surface area contributed by atoms with Crippen molar-refractivity contribution >= 4 is 0 Å². The Morgan fingerprint density at radius 2 is 1.05 bits per heavy atom. The van der Waals surface area contributed by atoms with Crippen LogP contribution in [0.5, 0.6) is 0 Å². The summed E-state index contributed by atoms with van der Waals surface area (Å²) < 4.78 is 0. The average Bonchev–Trinajstić information content (AvgIpc) is 2.53. The Hall–Kier alpha value is -0.260. The van der Waals surface area contributed by atoms with Crippen molar-refractivity contribution in [2.45, 2.75) is 110 Å². The van der Waals surface area contributed by atoms with E-state index in [1.165, 1.54) is 89.9 Å². The molecule has 0 fully saturated rings. The molecule has 0 N–H and O–H groups in total. The molecule has 130 valence electrons. The van der Waals surface area contributed by atoms with Gasteiger partial charge in [0, 0.05) is 0 Å². The molecule has 1 atom stereocenters. The average molecular weight is 307 g/mol. The van der Waals surface area contributed by atoms with Crippen LogP contribution in [0.3, 0.4) is 0 Å². The zero-order valence-electron chi connectivity index (χ0n) is 15.5. The minimum atomic E-state index is 0.902. The Labute approximate surface area is 142 Å². The largest absolute Gasteiger partial charge is 0.0885 e. The number of hydrogen-bond donors (Lipinski definition) is 0. The van der Waals surface area contributed by atoms with Crippen molar-refractivity contribution in [2.75, 3.05) is 0 Å². The fourth-order valence-electron chi connectivity index (χ4n) is 2.95. The second-order valence-electron chi connectivity index (χ2n) is 6.97. The van der Waals surface area contributed by atoms with Gasteiger partial charge in [-0.05, 0) is 31.6 Å². The number of hydrogen-bond acceptors (Lipinski definition) is 0. The van der Waals surface area contributed by atoms with Crippen molar-refractivity contribution in [3.63, 3.8) is 0 Å². The molecule has 0 bridgehead atoms. The van der Waals surface area contributed by atoms with Crippen LogP contribution in [0.15, 0.2) is 12.2 Å². The third-order valence-corrected chi connectivity index (χ3v) is 4.55. The molecule has 0 amide bonds. The molecule has 0 aliphatic carbocycles. The van der Waals surface area contributed by atoms with E-state index in [-0.39, 0.29) is 0 Å². The maximum Gasteiger partial charge on any atom is -0.0351 e. The van der Waals surface area contributed by atoms with Crippen LogP contribution in [0.1, 0.15) is 110 Å². The molecule has 0 saturated heterocycles. The highest BCUT2D eigenvalue weighted by atomic mass is 14.1. The third-order valence-electron chi connectivity index (χ3n) is 4.55. The summed E-state index contributed by atoms with van der Waals surface area (Å²) in [4.78, 5) is 0. The van der Waals surface area contributed by atoms with E-state index in [1.54, 1.807) is 0 Å². The minimum Gasteiger partial charge on any atom is -0.0885 e. The first-order valence-corrected chi connectivity index (χ1v) is 10.0. The highest BCUT2D eigenvalue weighted by Crippen LogP contribution is 2.16. The summed E-state index contributed by atoms with van der Waals surface area (Å²) in [6, 6.07) is 0. The van der Waals surface area contributed by atoms with Gasteiger partial charge in [0.2, 0.25) is 0 Å². The quantitative estimate of drug-likeness (QED) is 0.188. The molecule has 0 heterocycles. The topological polar surface area (TPSA) is 0 Å². The summed E-state index contributed by atoms with van der Waals surface area (Å²) in [5.41, 5.74) is 0. The normalized spacial score (nSPS) is 13.0. The lowest BCUT2D eigenvalue weighted by Gasteiger charge is -2.09. The van der Waals surface area contributed by atoms with E-state index in [0.29, 0.717) is 0 Å². The van der Waals surface area contributed by atoms with Gasteiger partial charge in [0.05, 0.1) is 0 Å². The van der Waals surface area contributed by atoms with Crippen LogP contribution in [-0.4, -0.2) is 0 Å². The molecule has 0 rings (SSSR count). The number of unbranched alkanes of at least 4 members (excludes halogenated alkanes) is 11. The standard InChI is InChI=1S/C22H42/c1-4-6-8-9-10-11-12-13-14-15-16-17-18-19-21-22(3)20-7-5-2/h15-16,22H,1-2,4-14,17-21H2,3H3/b16-15+. The SMILES string of the molecule is [CH2]CCCCCCCCC/C=C/CCCCC(C)CCC[CH2]. The van der Waals surface area contributed by atoms with Crippen molar-refractivity contribution in [3.8, 4) is 0 Å². The van der Waals surface area contributed by atoms with E-state index in [4.69, 9.17) is 0 Å². The van der Waals surface area contributed by atoms with E-state index in [2.05, 4.69) is 32.9 Å². The Balaban J connectivity index is 3.14. The van der Waals surface area contributed by atoms with Gasteiger partial charge in [-0.25, -0.2) is 0 Å². The second kappa shape index (κ2) is 18.8. The van der Waals surface area contributed by atoms with Crippen molar-refractivity contribution in [1.82, 2.24) is 0 Å². The van der Waals surface area contributed by atoms with Gasteiger partial charge in [0.25, 0.3) is 0 Å². The summed E-state index contributed by atoms with van der Waals surface area (Å²) in [5, 5.41) is 0. The molecule has 0 aromatic carbocycles. The summed E-state index contributed by atoms with van der Waals surface area (Å²) in [6.45, 7) is 10.2. The maximum absolute atomic E-state index is 3.92. The van der Waals surface area contributed by atoms with Crippen molar-refractivity contribution < 1.29 is 0 Å². The first-order chi connectivity index (χ1) is 10.8. The highest BCUT2D eigenvalue weighted by molar-refractivity contribution is 4.81. The lowest BCUT2D eigenvalue weighted by atomic mass is 9.97. The monoisotopic (exact) mass is 306 g/mol. The van der Waals surface area contributed by atoms with Crippen LogP contribution in [0.25, 0.3) is 0 Å². The summed E-state index contributed by atoms with van der Waals surface area (Å²) in [5.74, 6) is 0.902.